The largest absolute Gasteiger partial charge is 0.460 e. The second-order valence-corrected chi connectivity index (χ2v) is 2.77. The van der Waals surface area contributed by atoms with Crippen LogP contribution in [0.25, 0.3) is 0 Å². The molecule has 0 saturated carbocycles. The van der Waals surface area contributed by atoms with Crippen LogP contribution in [0.1, 0.15) is 20.7 Å². The second kappa shape index (κ2) is 5.11. The van der Waals surface area contributed by atoms with Gasteiger partial charge in [0.1, 0.15) is 6.61 Å². The standard InChI is InChI=1S/C10H11NO4/c11-9(13)7-3-1-2-4-8(7)10(14)15-6-5-12/h1-4,12H,5-6H2,(H2,11,13). The molecule has 0 aliphatic rings. The van der Waals surface area contributed by atoms with Gasteiger partial charge in [-0.25, -0.2) is 4.79 Å². The molecule has 1 aromatic carbocycles. The highest BCUT2D eigenvalue weighted by molar-refractivity contribution is 6.04. The van der Waals surface area contributed by atoms with Crippen LogP contribution in [0.2, 0.25) is 0 Å². The molecule has 0 bridgehead atoms. The van der Waals surface area contributed by atoms with Crippen molar-refractivity contribution >= 4 is 11.9 Å². The second-order valence-electron chi connectivity index (χ2n) is 2.77. The Morgan fingerprint density at radius 1 is 1.27 bits per heavy atom. The molecule has 1 rings (SSSR count). The topological polar surface area (TPSA) is 89.6 Å². The van der Waals surface area contributed by atoms with Crippen molar-refractivity contribution in [2.24, 2.45) is 5.73 Å². The van der Waals surface area contributed by atoms with E-state index in [1.165, 1.54) is 12.1 Å². The third-order valence-corrected chi connectivity index (χ3v) is 1.74. The lowest BCUT2D eigenvalue weighted by atomic mass is 10.1. The fourth-order valence-corrected chi connectivity index (χ4v) is 1.09. The van der Waals surface area contributed by atoms with Gasteiger partial charge in [0, 0.05) is 0 Å². The zero-order valence-corrected chi connectivity index (χ0v) is 7.97. The molecule has 15 heavy (non-hydrogen) atoms. The van der Waals surface area contributed by atoms with Gasteiger partial charge in [-0.1, -0.05) is 12.1 Å². The van der Waals surface area contributed by atoms with Crippen LogP contribution in [0.15, 0.2) is 24.3 Å². The summed E-state index contributed by atoms with van der Waals surface area (Å²) >= 11 is 0. The number of benzene rings is 1. The number of hydrogen-bond acceptors (Lipinski definition) is 4. The minimum Gasteiger partial charge on any atom is -0.460 e. The Balaban J connectivity index is 2.92. The molecule has 0 atom stereocenters. The van der Waals surface area contributed by atoms with Gasteiger partial charge in [-0.15, -0.1) is 0 Å². The van der Waals surface area contributed by atoms with Crippen LogP contribution < -0.4 is 5.73 Å². The van der Waals surface area contributed by atoms with Gasteiger partial charge in [0.2, 0.25) is 5.91 Å². The first kappa shape index (κ1) is 11.2. The molecule has 0 radical (unpaired) electrons. The van der Waals surface area contributed by atoms with E-state index >= 15 is 0 Å². The predicted octanol–water partition coefficient (Wildman–Crippen LogP) is -0.0654. The number of amides is 1. The Kier molecular flexibility index (Phi) is 3.82. The highest BCUT2D eigenvalue weighted by atomic mass is 16.5. The fraction of sp³-hybridized carbons (Fsp3) is 0.200. The van der Waals surface area contributed by atoms with E-state index < -0.39 is 11.9 Å². The SMILES string of the molecule is NC(=O)c1ccccc1C(=O)OCCO. The van der Waals surface area contributed by atoms with Crippen molar-refractivity contribution < 1.29 is 19.4 Å². The van der Waals surface area contributed by atoms with Crippen LogP contribution in [-0.4, -0.2) is 30.2 Å². The molecular weight excluding hydrogens is 198 g/mol. The molecule has 1 aromatic rings. The smallest absolute Gasteiger partial charge is 0.339 e. The molecule has 80 valence electrons. The van der Waals surface area contributed by atoms with E-state index in [1.807, 2.05) is 0 Å². The molecule has 5 nitrogen and oxygen atoms in total. The molecule has 0 aliphatic heterocycles. The minimum absolute atomic E-state index is 0.105. The van der Waals surface area contributed by atoms with Gasteiger partial charge < -0.3 is 15.6 Å². The Morgan fingerprint density at radius 3 is 2.40 bits per heavy atom. The van der Waals surface area contributed by atoms with Crippen molar-refractivity contribution in [1.29, 1.82) is 0 Å². The number of carbonyl (C=O) groups is 2. The summed E-state index contributed by atoms with van der Waals surface area (Å²) in [6.07, 6.45) is 0. The first-order valence-electron chi connectivity index (χ1n) is 4.33. The van der Waals surface area contributed by atoms with Gasteiger partial charge in [-0.2, -0.15) is 0 Å². The Bertz CT molecular complexity index is 375. The molecule has 0 aliphatic carbocycles. The molecule has 3 N–H and O–H groups in total. The van der Waals surface area contributed by atoms with E-state index in [2.05, 4.69) is 4.74 Å². The van der Waals surface area contributed by atoms with E-state index in [4.69, 9.17) is 10.8 Å². The van der Waals surface area contributed by atoms with Crippen molar-refractivity contribution in [2.45, 2.75) is 0 Å². The average molecular weight is 209 g/mol. The zero-order chi connectivity index (χ0) is 11.3. The van der Waals surface area contributed by atoms with Gasteiger partial charge in [-0.05, 0) is 12.1 Å². The summed E-state index contributed by atoms with van der Waals surface area (Å²) in [7, 11) is 0. The van der Waals surface area contributed by atoms with E-state index in [0.717, 1.165) is 0 Å². The lowest BCUT2D eigenvalue weighted by Gasteiger charge is -2.05. The summed E-state index contributed by atoms with van der Waals surface area (Å²) < 4.78 is 4.67. The van der Waals surface area contributed by atoms with Crippen LogP contribution in [0, 0.1) is 0 Å². The quantitative estimate of drug-likeness (QED) is 0.679. The Hall–Kier alpha value is -1.88. The maximum Gasteiger partial charge on any atom is 0.339 e. The van der Waals surface area contributed by atoms with Crippen molar-refractivity contribution in [2.75, 3.05) is 13.2 Å². The van der Waals surface area contributed by atoms with Crippen molar-refractivity contribution in [3.63, 3.8) is 0 Å². The molecule has 5 heteroatoms. The number of primary amides is 1. The van der Waals surface area contributed by atoms with Gasteiger partial charge in [0.25, 0.3) is 0 Å². The first-order chi connectivity index (χ1) is 7.16. The van der Waals surface area contributed by atoms with Crippen LogP contribution in [0.4, 0.5) is 0 Å². The lowest BCUT2D eigenvalue weighted by Crippen LogP contribution is -2.18. The van der Waals surface area contributed by atoms with E-state index in [0.29, 0.717) is 0 Å². The van der Waals surface area contributed by atoms with Crippen LogP contribution in [0.3, 0.4) is 0 Å². The van der Waals surface area contributed by atoms with Crippen molar-refractivity contribution in [1.82, 2.24) is 0 Å². The lowest BCUT2D eigenvalue weighted by molar-refractivity contribution is 0.0431. The number of hydrogen-bond donors (Lipinski definition) is 2. The van der Waals surface area contributed by atoms with Crippen LogP contribution in [-0.2, 0) is 4.74 Å². The third kappa shape index (κ3) is 2.78. The van der Waals surface area contributed by atoms with Crippen molar-refractivity contribution in [3.8, 4) is 0 Å². The zero-order valence-electron chi connectivity index (χ0n) is 7.97. The van der Waals surface area contributed by atoms with Gasteiger partial charge >= 0.3 is 5.97 Å². The first-order valence-corrected chi connectivity index (χ1v) is 4.33. The molecule has 0 aromatic heterocycles. The highest BCUT2D eigenvalue weighted by Gasteiger charge is 2.15. The molecular formula is C10H11NO4. The van der Waals surface area contributed by atoms with E-state index in [9.17, 15) is 9.59 Å². The number of aliphatic hydroxyl groups excluding tert-OH is 1. The number of carbonyl (C=O) groups excluding carboxylic acids is 2. The summed E-state index contributed by atoms with van der Waals surface area (Å²) in [6.45, 7) is -0.365. The highest BCUT2D eigenvalue weighted by Crippen LogP contribution is 2.09. The molecule has 1 amide bonds. The molecule has 0 spiro atoms. The molecule has 0 saturated heterocycles. The number of esters is 1. The maximum absolute atomic E-state index is 11.4. The van der Waals surface area contributed by atoms with Crippen LogP contribution >= 0.6 is 0 Å². The van der Waals surface area contributed by atoms with Gasteiger partial charge in [0.05, 0.1) is 17.7 Å². The van der Waals surface area contributed by atoms with E-state index in [1.54, 1.807) is 12.1 Å². The molecule has 0 unspecified atom stereocenters. The normalized spacial score (nSPS) is 9.67. The third-order valence-electron chi connectivity index (χ3n) is 1.74. The number of ether oxygens (including phenoxy) is 1. The van der Waals surface area contributed by atoms with E-state index in [-0.39, 0.29) is 24.3 Å². The van der Waals surface area contributed by atoms with Crippen molar-refractivity contribution in [3.05, 3.63) is 35.4 Å². The fourth-order valence-electron chi connectivity index (χ4n) is 1.09. The Morgan fingerprint density at radius 2 is 1.87 bits per heavy atom. The van der Waals surface area contributed by atoms with Crippen LogP contribution in [0.5, 0.6) is 0 Å². The average Bonchev–Trinajstić information content (AvgIpc) is 2.25. The number of nitrogens with two attached hydrogens (primary N) is 1. The monoisotopic (exact) mass is 209 g/mol. The minimum atomic E-state index is -0.688. The summed E-state index contributed by atoms with van der Waals surface area (Å²) in [5, 5.41) is 8.47. The summed E-state index contributed by atoms with van der Waals surface area (Å²) in [5.74, 6) is -1.36. The summed E-state index contributed by atoms with van der Waals surface area (Å²) in [4.78, 5) is 22.4. The Labute approximate surface area is 86.5 Å². The van der Waals surface area contributed by atoms with Gasteiger partial charge in [0.15, 0.2) is 0 Å². The predicted molar refractivity (Wildman–Crippen MR) is 52.3 cm³/mol. The number of rotatable bonds is 4. The number of aliphatic hydroxyl groups is 1. The molecule has 0 heterocycles. The summed E-state index contributed by atoms with van der Waals surface area (Å²) in [5.41, 5.74) is 5.31. The maximum atomic E-state index is 11.4. The van der Waals surface area contributed by atoms with Gasteiger partial charge in [-0.3, -0.25) is 4.79 Å². The molecule has 0 fully saturated rings. The summed E-state index contributed by atoms with van der Waals surface area (Å²) in [6, 6.07) is 6.09.